The number of amides is 1. The van der Waals surface area contributed by atoms with Crippen LogP contribution in [-0.4, -0.2) is 39.9 Å². The molecule has 142 valence electrons. The van der Waals surface area contributed by atoms with E-state index < -0.39 is 5.54 Å². The number of aromatic nitrogens is 2. The van der Waals surface area contributed by atoms with Gasteiger partial charge in [0.25, 0.3) is 5.56 Å². The second-order valence-electron chi connectivity index (χ2n) is 7.36. The van der Waals surface area contributed by atoms with Gasteiger partial charge in [-0.3, -0.25) is 14.5 Å². The normalized spacial score (nSPS) is 16.6. The number of nitrogens with one attached hydrogen (secondary N) is 2. The van der Waals surface area contributed by atoms with E-state index in [0.29, 0.717) is 36.1 Å². The monoisotopic (exact) mass is 367 g/mol. The Bertz CT molecular complexity index is 906. The molecule has 0 unspecified atom stereocenters. The topological polar surface area (TPSA) is 102 Å². The van der Waals surface area contributed by atoms with E-state index in [1.807, 2.05) is 6.07 Å². The number of carbonyl (C=O) groups is 1. The number of hydrogen-bond donors (Lipinski definition) is 2. The Morgan fingerprint density at radius 3 is 2.70 bits per heavy atom. The molecule has 1 aliphatic rings. The number of likely N-dealkylation sites (N-methyl/N-ethyl adjacent to an activating group) is 1. The first kappa shape index (κ1) is 19.1. The molecule has 3 rings (SSSR count). The molecule has 1 aliphatic carbocycles. The molecule has 2 N–H and O–H groups in total. The van der Waals surface area contributed by atoms with Crippen LogP contribution in [0.25, 0.3) is 10.9 Å². The fourth-order valence-corrected chi connectivity index (χ4v) is 3.67. The van der Waals surface area contributed by atoms with Crippen molar-refractivity contribution in [2.45, 2.75) is 50.6 Å². The zero-order valence-corrected chi connectivity index (χ0v) is 15.6. The van der Waals surface area contributed by atoms with E-state index in [1.165, 1.54) is 0 Å². The SMILES string of the molecule is CN(CC(=O)NC1(C#N)CCCCCC1)Cc1nc2ccccc2c(=O)[nH]1. The molecule has 1 fully saturated rings. The zero-order valence-electron chi connectivity index (χ0n) is 15.6. The van der Waals surface area contributed by atoms with Crippen molar-refractivity contribution >= 4 is 16.8 Å². The second-order valence-corrected chi connectivity index (χ2v) is 7.36. The van der Waals surface area contributed by atoms with Crippen molar-refractivity contribution in [1.82, 2.24) is 20.2 Å². The highest BCUT2D eigenvalue weighted by molar-refractivity contribution is 5.79. The molecular weight excluding hydrogens is 342 g/mol. The lowest BCUT2D eigenvalue weighted by Gasteiger charge is -2.27. The van der Waals surface area contributed by atoms with Crippen molar-refractivity contribution in [2.24, 2.45) is 0 Å². The number of H-pyrrole nitrogens is 1. The molecule has 0 atom stereocenters. The van der Waals surface area contributed by atoms with Crippen LogP contribution in [0, 0.1) is 11.3 Å². The van der Waals surface area contributed by atoms with Crippen LogP contribution in [0.1, 0.15) is 44.3 Å². The van der Waals surface area contributed by atoms with Crippen molar-refractivity contribution in [3.8, 4) is 6.07 Å². The number of rotatable bonds is 5. The Morgan fingerprint density at radius 2 is 2.00 bits per heavy atom. The molecule has 27 heavy (non-hydrogen) atoms. The lowest BCUT2D eigenvalue weighted by atomic mass is 9.92. The van der Waals surface area contributed by atoms with Gasteiger partial charge in [-0.05, 0) is 32.0 Å². The van der Waals surface area contributed by atoms with Gasteiger partial charge in [0.05, 0.1) is 30.1 Å². The predicted molar refractivity (Wildman–Crippen MR) is 103 cm³/mol. The van der Waals surface area contributed by atoms with Gasteiger partial charge < -0.3 is 10.3 Å². The Kier molecular flexibility index (Phi) is 5.87. The Balaban J connectivity index is 1.63. The third kappa shape index (κ3) is 4.72. The molecule has 2 aromatic rings. The third-order valence-electron chi connectivity index (χ3n) is 5.04. The highest BCUT2D eigenvalue weighted by atomic mass is 16.2. The molecule has 1 amide bonds. The minimum Gasteiger partial charge on any atom is -0.337 e. The van der Waals surface area contributed by atoms with Gasteiger partial charge in [-0.2, -0.15) is 5.26 Å². The first-order valence-electron chi connectivity index (χ1n) is 9.40. The highest BCUT2D eigenvalue weighted by Gasteiger charge is 2.32. The number of aromatic amines is 1. The smallest absolute Gasteiger partial charge is 0.258 e. The van der Waals surface area contributed by atoms with Crippen molar-refractivity contribution in [1.29, 1.82) is 5.26 Å². The van der Waals surface area contributed by atoms with E-state index >= 15 is 0 Å². The minimum atomic E-state index is -0.746. The molecule has 1 aromatic heterocycles. The predicted octanol–water partition coefficient (Wildman–Crippen LogP) is 2.09. The summed E-state index contributed by atoms with van der Waals surface area (Å²) in [6, 6.07) is 9.49. The van der Waals surface area contributed by atoms with Gasteiger partial charge in [0.1, 0.15) is 11.4 Å². The van der Waals surface area contributed by atoms with E-state index in [-0.39, 0.29) is 18.0 Å². The second kappa shape index (κ2) is 8.31. The minimum absolute atomic E-state index is 0.139. The summed E-state index contributed by atoms with van der Waals surface area (Å²) in [6.07, 6.45) is 5.56. The Morgan fingerprint density at radius 1 is 1.30 bits per heavy atom. The van der Waals surface area contributed by atoms with Crippen LogP contribution in [0.3, 0.4) is 0 Å². The molecule has 1 saturated carbocycles. The molecule has 1 aromatic carbocycles. The van der Waals surface area contributed by atoms with Crippen LogP contribution in [-0.2, 0) is 11.3 Å². The first-order chi connectivity index (χ1) is 13.0. The van der Waals surface area contributed by atoms with E-state index in [4.69, 9.17) is 0 Å². The van der Waals surface area contributed by atoms with Crippen LogP contribution < -0.4 is 10.9 Å². The summed E-state index contributed by atoms with van der Waals surface area (Å²) >= 11 is 0. The molecule has 0 radical (unpaired) electrons. The molecule has 7 nitrogen and oxygen atoms in total. The average molecular weight is 367 g/mol. The average Bonchev–Trinajstić information content (AvgIpc) is 2.87. The number of carbonyl (C=O) groups excluding carboxylic acids is 1. The molecule has 0 saturated heterocycles. The van der Waals surface area contributed by atoms with Gasteiger partial charge in [-0.1, -0.05) is 37.8 Å². The van der Waals surface area contributed by atoms with E-state index in [1.54, 1.807) is 30.1 Å². The quantitative estimate of drug-likeness (QED) is 0.788. The Hall–Kier alpha value is -2.72. The van der Waals surface area contributed by atoms with Crippen molar-refractivity contribution in [3.05, 3.63) is 40.4 Å². The lowest BCUT2D eigenvalue weighted by Crippen LogP contribution is -2.50. The Labute approximate surface area is 158 Å². The first-order valence-corrected chi connectivity index (χ1v) is 9.40. The summed E-state index contributed by atoms with van der Waals surface area (Å²) in [5.74, 6) is 0.336. The zero-order chi connectivity index (χ0) is 19.3. The summed E-state index contributed by atoms with van der Waals surface area (Å²) in [5.41, 5.74) is -0.296. The maximum atomic E-state index is 12.5. The van der Waals surface area contributed by atoms with Crippen molar-refractivity contribution < 1.29 is 4.79 Å². The fourth-order valence-electron chi connectivity index (χ4n) is 3.67. The number of para-hydroxylation sites is 1. The molecule has 0 aliphatic heterocycles. The third-order valence-corrected chi connectivity index (χ3v) is 5.04. The van der Waals surface area contributed by atoms with Gasteiger partial charge in [-0.15, -0.1) is 0 Å². The molecule has 0 bridgehead atoms. The standard InChI is InChI=1S/C20H25N5O2/c1-25(12-17-22-16-9-5-4-8-15(16)19(27)23-17)13-18(26)24-20(14-21)10-6-2-3-7-11-20/h4-5,8-9H,2-3,6-7,10-13H2,1H3,(H,24,26)(H,22,23,27). The number of nitrogens with zero attached hydrogens (tertiary/aromatic N) is 3. The van der Waals surface area contributed by atoms with Crippen LogP contribution >= 0.6 is 0 Å². The number of fused-ring (bicyclic) bond motifs is 1. The van der Waals surface area contributed by atoms with Gasteiger partial charge in [0.15, 0.2) is 0 Å². The fraction of sp³-hybridized carbons (Fsp3) is 0.500. The van der Waals surface area contributed by atoms with Gasteiger partial charge in [0.2, 0.25) is 5.91 Å². The van der Waals surface area contributed by atoms with Crippen LogP contribution in [0.5, 0.6) is 0 Å². The van der Waals surface area contributed by atoms with Gasteiger partial charge >= 0.3 is 0 Å². The summed E-state index contributed by atoms with van der Waals surface area (Å²) in [6.45, 7) is 0.479. The van der Waals surface area contributed by atoms with Crippen molar-refractivity contribution in [3.63, 3.8) is 0 Å². The molecule has 1 heterocycles. The largest absolute Gasteiger partial charge is 0.337 e. The highest BCUT2D eigenvalue weighted by Crippen LogP contribution is 2.26. The molecule has 0 spiro atoms. The molecular formula is C20H25N5O2. The van der Waals surface area contributed by atoms with Crippen LogP contribution in [0.15, 0.2) is 29.1 Å². The summed E-state index contributed by atoms with van der Waals surface area (Å²) in [4.78, 5) is 33.6. The van der Waals surface area contributed by atoms with Crippen molar-refractivity contribution in [2.75, 3.05) is 13.6 Å². The van der Waals surface area contributed by atoms with Crippen LogP contribution in [0.2, 0.25) is 0 Å². The number of hydrogen-bond acceptors (Lipinski definition) is 5. The lowest BCUT2D eigenvalue weighted by molar-refractivity contribution is -0.123. The van der Waals surface area contributed by atoms with E-state index in [2.05, 4.69) is 21.4 Å². The summed E-state index contributed by atoms with van der Waals surface area (Å²) in [7, 11) is 1.79. The molecule has 7 heteroatoms. The van der Waals surface area contributed by atoms with Gasteiger partial charge in [0, 0.05) is 0 Å². The summed E-state index contributed by atoms with van der Waals surface area (Å²) < 4.78 is 0. The maximum Gasteiger partial charge on any atom is 0.258 e. The summed E-state index contributed by atoms with van der Waals surface area (Å²) in [5, 5.41) is 13.1. The van der Waals surface area contributed by atoms with E-state index in [9.17, 15) is 14.9 Å². The van der Waals surface area contributed by atoms with Gasteiger partial charge in [-0.25, -0.2) is 4.98 Å². The van der Waals surface area contributed by atoms with Crippen LogP contribution in [0.4, 0.5) is 0 Å². The maximum absolute atomic E-state index is 12.5. The van der Waals surface area contributed by atoms with E-state index in [0.717, 1.165) is 25.7 Å². The number of benzene rings is 1. The number of nitriles is 1.